The maximum Gasteiger partial charge on any atom is 0.245 e. The minimum atomic E-state index is -0.0834. The number of hydrogen-bond acceptors (Lipinski definition) is 6. The fourth-order valence-corrected chi connectivity index (χ4v) is 4.66. The van der Waals surface area contributed by atoms with Crippen LogP contribution < -0.4 is 4.74 Å². The third-order valence-electron chi connectivity index (χ3n) is 6.27. The molecule has 31 heavy (non-hydrogen) atoms. The van der Waals surface area contributed by atoms with E-state index in [1.165, 1.54) is 24.9 Å². The number of carbonyl (C=O) groups excluding carboxylic acids is 1. The quantitative estimate of drug-likeness (QED) is 0.627. The highest BCUT2D eigenvalue weighted by atomic mass is 16.5. The topological polar surface area (TPSA) is 91.0 Å². The Morgan fingerprint density at radius 2 is 2.13 bits per heavy atom. The number of carbonyl (C=O) groups is 1. The summed E-state index contributed by atoms with van der Waals surface area (Å²) in [5.41, 5.74) is 3.75. The van der Waals surface area contributed by atoms with Crippen molar-refractivity contribution in [3.8, 4) is 17.3 Å². The summed E-state index contributed by atoms with van der Waals surface area (Å²) >= 11 is 0. The maximum absolute atomic E-state index is 12.3. The van der Waals surface area contributed by atoms with Gasteiger partial charge < -0.3 is 14.2 Å². The molecule has 1 unspecified atom stereocenters. The fourth-order valence-electron chi connectivity index (χ4n) is 4.66. The summed E-state index contributed by atoms with van der Waals surface area (Å²) < 4.78 is 10.5. The largest absolute Gasteiger partial charge is 0.471 e. The molecule has 0 bridgehead atoms. The van der Waals surface area contributed by atoms with Gasteiger partial charge in [0.25, 0.3) is 0 Å². The molecule has 0 saturated carbocycles. The van der Waals surface area contributed by atoms with Crippen LogP contribution in [0.25, 0.3) is 22.6 Å². The molecule has 164 valence electrons. The second-order valence-electron chi connectivity index (χ2n) is 8.68. The van der Waals surface area contributed by atoms with Crippen molar-refractivity contribution in [3.63, 3.8) is 0 Å². The Morgan fingerprint density at radius 3 is 2.94 bits per heavy atom. The fraction of sp³-hybridized carbons (Fsp3) is 0.591. The van der Waals surface area contributed by atoms with E-state index < -0.39 is 0 Å². The van der Waals surface area contributed by atoms with E-state index in [0.29, 0.717) is 24.5 Å². The number of nitrogens with zero attached hydrogens (tertiary/aromatic N) is 7. The number of ether oxygens (including phenoxy) is 1. The van der Waals surface area contributed by atoms with E-state index in [1.807, 2.05) is 24.9 Å². The van der Waals surface area contributed by atoms with Crippen molar-refractivity contribution < 1.29 is 9.53 Å². The first-order chi connectivity index (χ1) is 15.1. The van der Waals surface area contributed by atoms with Crippen LogP contribution in [0.15, 0.2) is 12.5 Å². The lowest BCUT2D eigenvalue weighted by Gasteiger charge is -2.18. The SMILES string of the molecule is CCn1c(-c2cnn3c2CCCC3)nc2c(OC3CCN(C(=O)C(C)C)C3)ncnc21. The highest BCUT2D eigenvalue weighted by Gasteiger charge is 2.30. The summed E-state index contributed by atoms with van der Waals surface area (Å²) in [7, 11) is 0. The number of hydrogen-bond donors (Lipinski definition) is 0. The van der Waals surface area contributed by atoms with Crippen LogP contribution in [0, 0.1) is 5.92 Å². The Labute approximate surface area is 181 Å². The Morgan fingerprint density at radius 1 is 1.26 bits per heavy atom. The number of aromatic nitrogens is 6. The highest BCUT2D eigenvalue weighted by molar-refractivity contribution is 5.81. The zero-order chi connectivity index (χ0) is 21.5. The zero-order valence-electron chi connectivity index (χ0n) is 18.4. The normalized spacial score (nSPS) is 18.7. The van der Waals surface area contributed by atoms with Gasteiger partial charge >= 0.3 is 0 Å². The van der Waals surface area contributed by atoms with Crippen molar-refractivity contribution in [2.45, 2.75) is 65.6 Å². The van der Waals surface area contributed by atoms with Gasteiger partial charge in [0.2, 0.25) is 11.8 Å². The van der Waals surface area contributed by atoms with E-state index in [0.717, 1.165) is 43.0 Å². The molecule has 0 aromatic carbocycles. The lowest BCUT2D eigenvalue weighted by Crippen LogP contribution is -2.33. The van der Waals surface area contributed by atoms with Gasteiger partial charge in [0.1, 0.15) is 18.3 Å². The van der Waals surface area contributed by atoms with Crippen molar-refractivity contribution in [2.75, 3.05) is 13.1 Å². The molecule has 2 aliphatic rings. The Balaban J connectivity index is 1.48. The smallest absolute Gasteiger partial charge is 0.245 e. The van der Waals surface area contributed by atoms with Crippen molar-refractivity contribution in [2.24, 2.45) is 5.92 Å². The molecular formula is C22H29N7O2. The van der Waals surface area contributed by atoms with Gasteiger partial charge in [-0.2, -0.15) is 10.1 Å². The second-order valence-corrected chi connectivity index (χ2v) is 8.68. The van der Waals surface area contributed by atoms with Crippen LogP contribution in [0.4, 0.5) is 0 Å². The molecule has 9 heteroatoms. The van der Waals surface area contributed by atoms with Crippen molar-refractivity contribution >= 4 is 17.1 Å². The van der Waals surface area contributed by atoms with Gasteiger partial charge in [-0.3, -0.25) is 9.48 Å². The molecule has 5 rings (SSSR count). The van der Waals surface area contributed by atoms with Crippen LogP contribution in [-0.4, -0.2) is 59.3 Å². The predicted molar refractivity (Wildman–Crippen MR) is 116 cm³/mol. The Kier molecular flexibility index (Phi) is 5.11. The van der Waals surface area contributed by atoms with Gasteiger partial charge in [-0.05, 0) is 26.2 Å². The lowest BCUT2D eigenvalue weighted by atomic mass is 10.1. The summed E-state index contributed by atoms with van der Waals surface area (Å²) in [5.74, 6) is 1.52. The molecule has 0 aliphatic carbocycles. The van der Waals surface area contributed by atoms with Crippen LogP contribution >= 0.6 is 0 Å². The molecule has 0 spiro atoms. The molecule has 1 atom stereocenters. The van der Waals surface area contributed by atoms with Crippen LogP contribution in [0.2, 0.25) is 0 Å². The van der Waals surface area contributed by atoms with Crippen LogP contribution in [0.1, 0.15) is 45.7 Å². The van der Waals surface area contributed by atoms with Crippen LogP contribution in [0.3, 0.4) is 0 Å². The molecule has 3 aromatic rings. The molecule has 2 aliphatic heterocycles. The number of imidazole rings is 1. The van der Waals surface area contributed by atoms with Crippen LogP contribution in [-0.2, 0) is 24.3 Å². The van der Waals surface area contributed by atoms with Crippen molar-refractivity contribution in [1.29, 1.82) is 0 Å². The number of likely N-dealkylation sites (tertiary alicyclic amines) is 1. The third kappa shape index (κ3) is 3.45. The monoisotopic (exact) mass is 423 g/mol. The molecule has 9 nitrogen and oxygen atoms in total. The standard InChI is InChI=1S/C22H29N7O2/c1-4-28-19(16-11-25-29-9-6-5-7-17(16)29)26-18-20(28)23-13-24-21(18)31-15-8-10-27(12-15)22(30)14(2)3/h11,13-15H,4-10,12H2,1-3H3. The van der Waals surface area contributed by atoms with Crippen molar-refractivity contribution in [1.82, 2.24) is 34.2 Å². The molecule has 5 heterocycles. The van der Waals surface area contributed by atoms with Gasteiger partial charge in [-0.1, -0.05) is 13.8 Å². The minimum absolute atomic E-state index is 0.00530. The molecular weight excluding hydrogens is 394 g/mol. The molecule has 0 radical (unpaired) electrons. The van der Waals surface area contributed by atoms with Crippen molar-refractivity contribution in [3.05, 3.63) is 18.2 Å². The number of aryl methyl sites for hydroxylation is 2. The zero-order valence-corrected chi connectivity index (χ0v) is 18.4. The molecule has 1 fully saturated rings. The first kappa shape index (κ1) is 20.0. The second kappa shape index (κ2) is 7.94. The van der Waals surface area contributed by atoms with Crippen LogP contribution in [0.5, 0.6) is 5.88 Å². The maximum atomic E-state index is 12.3. The van der Waals surface area contributed by atoms with Gasteiger partial charge in [-0.25, -0.2) is 9.97 Å². The predicted octanol–water partition coefficient (Wildman–Crippen LogP) is 2.68. The van der Waals surface area contributed by atoms with Gasteiger partial charge in [0.15, 0.2) is 11.2 Å². The minimum Gasteiger partial charge on any atom is -0.471 e. The van der Waals surface area contributed by atoms with Gasteiger partial charge in [0.05, 0.1) is 18.3 Å². The van der Waals surface area contributed by atoms with Gasteiger partial charge in [-0.15, -0.1) is 0 Å². The summed E-state index contributed by atoms with van der Waals surface area (Å²) in [6.45, 7) is 8.96. The van der Waals surface area contributed by atoms with E-state index in [-0.39, 0.29) is 17.9 Å². The van der Waals surface area contributed by atoms with E-state index in [1.54, 1.807) is 0 Å². The third-order valence-corrected chi connectivity index (χ3v) is 6.27. The van der Waals surface area contributed by atoms with E-state index in [2.05, 4.69) is 31.2 Å². The first-order valence-corrected chi connectivity index (χ1v) is 11.3. The summed E-state index contributed by atoms with van der Waals surface area (Å²) in [6, 6.07) is 0. The number of fused-ring (bicyclic) bond motifs is 2. The van der Waals surface area contributed by atoms with E-state index >= 15 is 0 Å². The Hall–Kier alpha value is -2.97. The highest BCUT2D eigenvalue weighted by Crippen LogP contribution is 2.32. The summed E-state index contributed by atoms with van der Waals surface area (Å²) in [4.78, 5) is 28.0. The number of rotatable bonds is 5. The molecule has 1 saturated heterocycles. The lowest BCUT2D eigenvalue weighted by molar-refractivity contribution is -0.133. The summed E-state index contributed by atoms with van der Waals surface area (Å²) in [6.07, 6.45) is 7.52. The van der Waals surface area contributed by atoms with E-state index in [9.17, 15) is 4.79 Å². The van der Waals surface area contributed by atoms with Gasteiger partial charge in [0, 0.05) is 37.7 Å². The summed E-state index contributed by atoms with van der Waals surface area (Å²) in [5, 5.41) is 4.58. The molecule has 1 amide bonds. The molecule has 0 N–H and O–H groups in total. The number of amides is 1. The first-order valence-electron chi connectivity index (χ1n) is 11.3. The van der Waals surface area contributed by atoms with E-state index in [4.69, 9.17) is 9.72 Å². The average Bonchev–Trinajstić information content (AvgIpc) is 3.49. The Bertz CT molecular complexity index is 1120. The molecule has 3 aromatic heterocycles. The average molecular weight is 424 g/mol.